The van der Waals surface area contributed by atoms with Crippen molar-refractivity contribution in [2.24, 2.45) is 0 Å². The van der Waals surface area contributed by atoms with Gasteiger partial charge in [-0.25, -0.2) is 0 Å². The van der Waals surface area contributed by atoms with E-state index < -0.39 is 0 Å². The highest BCUT2D eigenvalue weighted by Gasteiger charge is 2.31. The van der Waals surface area contributed by atoms with Crippen LogP contribution in [0, 0.1) is 0 Å². The smallest absolute Gasteiger partial charge is 0.231 e. The zero-order valence-corrected chi connectivity index (χ0v) is 13.0. The summed E-state index contributed by atoms with van der Waals surface area (Å²) in [5, 5.41) is 0. The number of ether oxygens (including phenoxy) is 3. The fourth-order valence-electron chi connectivity index (χ4n) is 3.43. The Kier molecular flexibility index (Phi) is 3.45. The molecule has 0 N–H and O–H groups in total. The first-order chi connectivity index (χ1) is 11.3. The lowest BCUT2D eigenvalue weighted by atomic mass is 9.78. The Morgan fingerprint density at radius 2 is 1.91 bits per heavy atom. The second-order valence-electron chi connectivity index (χ2n) is 5.85. The van der Waals surface area contributed by atoms with E-state index in [0.717, 1.165) is 33.9 Å². The molecule has 1 unspecified atom stereocenters. The summed E-state index contributed by atoms with van der Waals surface area (Å²) in [6, 6.07) is 11.9. The maximum absolute atomic E-state index is 12.3. The molecule has 0 radical (unpaired) electrons. The van der Waals surface area contributed by atoms with Crippen LogP contribution in [0.25, 0.3) is 0 Å². The SMILES string of the molecule is CCOc1ccccc1C1CC(=O)Cc2cc3c(cc21)OCO3. The van der Waals surface area contributed by atoms with Crippen molar-refractivity contribution in [3.63, 3.8) is 0 Å². The largest absolute Gasteiger partial charge is 0.494 e. The highest BCUT2D eigenvalue weighted by Crippen LogP contribution is 2.44. The fraction of sp³-hybridized carbons (Fsp3) is 0.316. The Balaban J connectivity index is 1.83. The van der Waals surface area contributed by atoms with E-state index in [-0.39, 0.29) is 18.5 Å². The molecule has 4 nitrogen and oxygen atoms in total. The molecule has 0 aromatic heterocycles. The summed E-state index contributed by atoms with van der Waals surface area (Å²) in [7, 11) is 0. The lowest BCUT2D eigenvalue weighted by Gasteiger charge is -2.27. The van der Waals surface area contributed by atoms with Crippen molar-refractivity contribution in [1.29, 1.82) is 0 Å². The summed E-state index contributed by atoms with van der Waals surface area (Å²) in [5.41, 5.74) is 3.23. The van der Waals surface area contributed by atoms with Gasteiger partial charge in [0.25, 0.3) is 0 Å². The van der Waals surface area contributed by atoms with Gasteiger partial charge in [0.05, 0.1) is 6.61 Å². The zero-order chi connectivity index (χ0) is 15.8. The number of carbonyl (C=O) groups excluding carboxylic acids is 1. The molecule has 4 rings (SSSR count). The van der Waals surface area contributed by atoms with Gasteiger partial charge < -0.3 is 14.2 Å². The van der Waals surface area contributed by atoms with Crippen LogP contribution in [0.3, 0.4) is 0 Å². The van der Waals surface area contributed by atoms with E-state index in [2.05, 4.69) is 0 Å². The molecule has 0 amide bonds. The van der Waals surface area contributed by atoms with Crippen molar-refractivity contribution in [3.8, 4) is 17.2 Å². The van der Waals surface area contributed by atoms with E-state index >= 15 is 0 Å². The third-order valence-corrected chi connectivity index (χ3v) is 4.42. The maximum Gasteiger partial charge on any atom is 0.231 e. The van der Waals surface area contributed by atoms with Crippen molar-refractivity contribution < 1.29 is 19.0 Å². The summed E-state index contributed by atoms with van der Waals surface area (Å²) < 4.78 is 16.7. The van der Waals surface area contributed by atoms with Gasteiger partial charge in [-0.15, -0.1) is 0 Å². The van der Waals surface area contributed by atoms with Crippen molar-refractivity contribution in [2.75, 3.05) is 13.4 Å². The summed E-state index contributed by atoms with van der Waals surface area (Å²) in [6.45, 7) is 2.81. The minimum Gasteiger partial charge on any atom is -0.494 e. The number of carbonyl (C=O) groups is 1. The highest BCUT2D eigenvalue weighted by atomic mass is 16.7. The molecule has 4 heteroatoms. The molecule has 2 aliphatic rings. The van der Waals surface area contributed by atoms with Crippen LogP contribution in [-0.4, -0.2) is 19.2 Å². The number of hydrogen-bond donors (Lipinski definition) is 0. The highest BCUT2D eigenvalue weighted by molar-refractivity contribution is 5.85. The van der Waals surface area contributed by atoms with Crippen molar-refractivity contribution in [1.82, 2.24) is 0 Å². The number of ketones is 1. The van der Waals surface area contributed by atoms with E-state index in [1.807, 2.05) is 43.3 Å². The van der Waals surface area contributed by atoms with Crippen LogP contribution in [0.2, 0.25) is 0 Å². The number of fused-ring (bicyclic) bond motifs is 2. The Bertz CT molecular complexity index is 766. The Morgan fingerprint density at radius 3 is 2.74 bits per heavy atom. The summed E-state index contributed by atoms with van der Waals surface area (Å²) >= 11 is 0. The molecule has 0 bridgehead atoms. The number of benzene rings is 2. The average Bonchev–Trinajstić information content (AvgIpc) is 3.00. The minimum absolute atomic E-state index is 0.00324. The Morgan fingerprint density at radius 1 is 1.13 bits per heavy atom. The average molecular weight is 310 g/mol. The van der Waals surface area contributed by atoms with Crippen LogP contribution in [0.4, 0.5) is 0 Å². The summed E-state index contributed by atoms with van der Waals surface area (Å²) in [6.07, 6.45) is 0.954. The van der Waals surface area contributed by atoms with Gasteiger partial charge >= 0.3 is 0 Å². The molecular formula is C19H18O4. The number of Topliss-reactive ketones (excluding diaryl/α,β-unsaturated/α-hetero) is 1. The molecule has 1 atom stereocenters. The molecule has 23 heavy (non-hydrogen) atoms. The standard InChI is InChI=1S/C19H18O4/c1-2-21-17-6-4-3-5-14(17)16-9-13(20)7-12-8-18-19(10-15(12)16)23-11-22-18/h3-6,8,10,16H,2,7,9,11H2,1H3. The molecule has 118 valence electrons. The van der Waals surface area contributed by atoms with E-state index in [0.29, 0.717) is 19.4 Å². The molecule has 0 spiro atoms. The molecule has 0 fully saturated rings. The predicted octanol–water partition coefficient (Wildman–Crippen LogP) is 3.46. The normalized spacial score (nSPS) is 18.7. The molecule has 1 heterocycles. The minimum atomic E-state index is 0.00324. The molecule has 2 aromatic carbocycles. The number of para-hydroxylation sites is 1. The molecule has 1 aliphatic heterocycles. The quantitative estimate of drug-likeness (QED) is 0.871. The van der Waals surface area contributed by atoms with Gasteiger partial charge in [0, 0.05) is 24.3 Å². The van der Waals surface area contributed by atoms with Crippen LogP contribution in [0.5, 0.6) is 17.2 Å². The third kappa shape index (κ3) is 2.44. The molecule has 1 aliphatic carbocycles. The van der Waals surface area contributed by atoms with Crippen LogP contribution in [0.1, 0.15) is 36.0 Å². The van der Waals surface area contributed by atoms with Crippen molar-refractivity contribution >= 4 is 5.78 Å². The van der Waals surface area contributed by atoms with Crippen LogP contribution >= 0.6 is 0 Å². The molecule has 0 saturated carbocycles. The van der Waals surface area contributed by atoms with Gasteiger partial charge in [-0.05, 0) is 36.2 Å². The second-order valence-corrected chi connectivity index (χ2v) is 5.85. The zero-order valence-electron chi connectivity index (χ0n) is 13.0. The number of rotatable bonds is 3. The Labute approximate surface area is 135 Å². The third-order valence-electron chi connectivity index (χ3n) is 4.42. The van der Waals surface area contributed by atoms with E-state index in [1.54, 1.807) is 0 Å². The molecule has 0 saturated heterocycles. The van der Waals surface area contributed by atoms with Gasteiger partial charge in [-0.1, -0.05) is 18.2 Å². The number of hydrogen-bond acceptors (Lipinski definition) is 4. The lowest BCUT2D eigenvalue weighted by Crippen LogP contribution is -2.19. The van der Waals surface area contributed by atoms with Crippen molar-refractivity contribution in [2.45, 2.75) is 25.7 Å². The Hall–Kier alpha value is -2.49. The fourth-order valence-corrected chi connectivity index (χ4v) is 3.43. The van der Waals surface area contributed by atoms with Crippen molar-refractivity contribution in [3.05, 3.63) is 53.1 Å². The van der Waals surface area contributed by atoms with Gasteiger partial charge in [0.1, 0.15) is 11.5 Å². The second kappa shape index (κ2) is 5.61. The predicted molar refractivity (Wildman–Crippen MR) is 85.3 cm³/mol. The summed E-state index contributed by atoms with van der Waals surface area (Å²) in [5.74, 6) is 2.58. The van der Waals surface area contributed by atoms with E-state index in [1.165, 1.54) is 0 Å². The lowest BCUT2D eigenvalue weighted by molar-refractivity contribution is -0.119. The molecule has 2 aromatic rings. The first kappa shape index (κ1) is 14.1. The maximum atomic E-state index is 12.3. The summed E-state index contributed by atoms with van der Waals surface area (Å²) in [4.78, 5) is 12.3. The first-order valence-electron chi connectivity index (χ1n) is 7.92. The van der Waals surface area contributed by atoms with Crippen LogP contribution < -0.4 is 14.2 Å². The monoisotopic (exact) mass is 310 g/mol. The van der Waals surface area contributed by atoms with Crippen LogP contribution in [0.15, 0.2) is 36.4 Å². The van der Waals surface area contributed by atoms with E-state index in [9.17, 15) is 4.79 Å². The van der Waals surface area contributed by atoms with Crippen LogP contribution in [-0.2, 0) is 11.2 Å². The van der Waals surface area contributed by atoms with Gasteiger partial charge in [-0.2, -0.15) is 0 Å². The van der Waals surface area contributed by atoms with Gasteiger partial charge in [0.15, 0.2) is 11.5 Å². The topological polar surface area (TPSA) is 44.8 Å². The van der Waals surface area contributed by atoms with E-state index in [4.69, 9.17) is 14.2 Å². The first-order valence-corrected chi connectivity index (χ1v) is 7.92. The van der Waals surface area contributed by atoms with Gasteiger partial charge in [-0.3, -0.25) is 4.79 Å². The molecular weight excluding hydrogens is 292 g/mol. The van der Waals surface area contributed by atoms with Gasteiger partial charge in [0.2, 0.25) is 6.79 Å².